The van der Waals surface area contributed by atoms with E-state index in [0.717, 1.165) is 5.56 Å². The van der Waals surface area contributed by atoms with E-state index in [4.69, 9.17) is 11.6 Å². The molecule has 1 aliphatic rings. The summed E-state index contributed by atoms with van der Waals surface area (Å²) in [5.41, 5.74) is 0.846. The van der Waals surface area contributed by atoms with Crippen LogP contribution in [0.25, 0.3) is 0 Å². The molecule has 1 atom stereocenters. The van der Waals surface area contributed by atoms with Gasteiger partial charge in [0.15, 0.2) is 0 Å². The largest absolute Gasteiger partial charge is 0.468 e. The molecule has 0 unspecified atom stereocenters. The summed E-state index contributed by atoms with van der Waals surface area (Å²) in [7, 11) is 1.31. The number of rotatable bonds is 3. The smallest absolute Gasteiger partial charge is 0.325 e. The van der Waals surface area contributed by atoms with Gasteiger partial charge in [0.05, 0.1) is 12.9 Å². The summed E-state index contributed by atoms with van der Waals surface area (Å²) in [5, 5.41) is 0.380. The van der Waals surface area contributed by atoms with Crippen molar-refractivity contribution >= 4 is 35.2 Å². The number of nitrogens with zero attached hydrogens (tertiary/aromatic N) is 1. The molecule has 4 nitrogen and oxygen atoms in total. The number of halogens is 1. The average Bonchev–Trinajstić information content (AvgIpc) is 2.72. The summed E-state index contributed by atoms with van der Waals surface area (Å²) in [6.45, 7) is -0.0434. The number of benzene rings is 1. The van der Waals surface area contributed by atoms with Crippen LogP contribution in [0, 0.1) is 0 Å². The minimum atomic E-state index is -0.428. The number of esters is 1. The van der Waals surface area contributed by atoms with E-state index in [2.05, 4.69) is 4.74 Å². The first kappa shape index (κ1) is 13.2. The summed E-state index contributed by atoms with van der Waals surface area (Å²) in [5.74, 6) is -0.148. The molecule has 1 fully saturated rings. The molecule has 18 heavy (non-hydrogen) atoms. The fraction of sp³-hybridized carbons (Fsp3) is 0.333. The van der Waals surface area contributed by atoms with E-state index in [1.165, 1.54) is 23.8 Å². The Hall–Kier alpha value is -1.20. The lowest BCUT2D eigenvalue weighted by Crippen LogP contribution is -2.34. The number of carbonyl (C=O) groups excluding carboxylic acids is 2. The summed E-state index contributed by atoms with van der Waals surface area (Å²) in [6.07, 6.45) is 0. The molecule has 1 amide bonds. The van der Waals surface area contributed by atoms with Crippen molar-refractivity contribution in [3.8, 4) is 0 Å². The predicted octanol–water partition coefficient (Wildman–Crippen LogP) is 2.09. The maximum Gasteiger partial charge on any atom is 0.325 e. The van der Waals surface area contributed by atoms with Crippen molar-refractivity contribution in [3.05, 3.63) is 34.9 Å². The topological polar surface area (TPSA) is 46.6 Å². The van der Waals surface area contributed by atoms with E-state index < -0.39 is 5.97 Å². The van der Waals surface area contributed by atoms with Crippen molar-refractivity contribution < 1.29 is 14.3 Å². The number of hydrogen-bond donors (Lipinski definition) is 0. The molecular formula is C12H12ClNO3S. The van der Waals surface area contributed by atoms with Crippen molar-refractivity contribution in [3.63, 3.8) is 0 Å². The van der Waals surface area contributed by atoms with Crippen LogP contribution < -0.4 is 0 Å². The molecule has 6 heteroatoms. The molecule has 0 aromatic heterocycles. The fourth-order valence-corrected chi connectivity index (χ4v) is 3.29. The van der Waals surface area contributed by atoms with Crippen molar-refractivity contribution in [2.45, 2.75) is 5.37 Å². The van der Waals surface area contributed by atoms with Gasteiger partial charge in [-0.1, -0.05) is 29.8 Å². The van der Waals surface area contributed by atoms with E-state index in [9.17, 15) is 9.59 Å². The van der Waals surface area contributed by atoms with Crippen molar-refractivity contribution in [2.24, 2.45) is 0 Å². The van der Waals surface area contributed by atoms with Gasteiger partial charge in [-0.05, 0) is 6.07 Å². The number of ether oxygens (including phenoxy) is 1. The Morgan fingerprint density at radius 3 is 2.94 bits per heavy atom. The number of carbonyl (C=O) groups is 2. The molecule has 0 bridgehead atoms. The summed E-state index contributed by atoms with van der Waals surface area (Å²) < 4.78 is 4.60. The van der Waals surface area contributed by atoms with E-state index in [-0.39, 0.29) is 17.8 Å². The predicted molar refractivity (Wildman–Crippen MR) is 70.4 cm³/mol. The Balaban J connectivity index is 2.24. The van der Waals surface area contributed by atoms with Crippen LogP contribution in [-0.2, 0) is 14.3 Å². The second-order valence-corrected chi connectivity index (χ2v) is 5.26. The molecule has 0 N–H and O–H groups in total. The van der Waals surface area contributed by atoms with E-state index in [0.29, 0.717) is 10.8 Å². The summed E-state index contributed by atoms with van der Waals surface area (Å²) in [6, 6.07) is 7.33. The molecule has 0 spiro atoms. The second kappa shape index (κ2) is 5.63. The summed E-state index contributed by atoms with van der Waals surface area (Å²) >= 11 is 7.58. The third-order valence-corrected chi connectivity index (χ3v) is 4.25. The minimum Gasteiger partial charge on any atom is -0.468 e. The maximum atomic E-state index is 11.8. The van der Waals surface area contributed by atoms with Gasteiger partial charge in [0.1, 0.15) is 11.9 Å². The fourth-order valence-electron chi connectivity index (χ4n) is 1.76. The SMILES string of the molecule is COC(=O)CN1C(=O)CS[C@H]1c1ccccc1Cl. The third-order valence-electron chi connectivity index (χ3n) is 2.67. The number of methoxy groups -OCH3 is 1. The zero-order chi connectivity index (χ0) is 13.1. The zero-order valence-electron chi connectivity index (χ0n) is 9.76. The Morgan fingerprint density at radius 2 is 2.28 bits per heavy atom. The lowest BCUT2D eigenvalue weighted by Gasteiger charge is -2.23. The molecule has 1 heterocycles. The highest BCUT2D eigenvalue weighted by atomic mass is 35.5. The van der Waals surface area contributed by atoms with Crippen molar-refractivity contribution in [2.75, 3.05) is 19.4 Å². The standard InChI is InChI=1S/C12H12ClNO3S/c1-17-11(16)6-14-10(15)7-18-12(14)8-4-2-3-5-9(8)13/h2-5,12H,6-7H2,1H3/t12-/m0/s1. The highest BCUT2D eigenvalue weighted by Crippen LogP contribution is 2.41. The molecular weight excluding hydrogens is 274 g/mol. The average molecular weight is 286 g/mol. The van der Waals surface area contributed by atoms with Crippen LogP contribution in [-0.4, -0.2) is 36.2 Å². The molecule has 0 aliphatic carbocycles. The lowest BCUT2D eigenvalue weighted by molar-refractivity contribution is -0.146. The molecule has 1 saturated heterocycles. The van der Waals surface area contributed by atoms with Crippen LogP contribution in [0.4, 0.5) is 0 Å². The van der Waals surface area contributed by atoms with E-state index in [1.807, 2.05) is 18.2 Å². The van der Waals surface area contributed by atoms with Gasteiger partial charge >= 0.3 is 5.97 Å². The van der Waals surface area contributed by atoms with Gasteiger partial charge in [-0.25, -0.2) is 0 Å². The van der Waals surface area contributed by atoms with Gasteiger partial charge in [0.2, 0.25) is 5.91 Å². The number of thioether (sulfide) groups is 1. The van der Waals surface area contributed by atoms with Gasteiger partial charge in [-0.15, -0.1) is 11.8 Å². The monoisotopic (exact) mass is 285 g/mol. The Kier molecular flexibility index (Phi) is 4.14. The first-order valence-corrected chi connectivity index (χ1v) is 6.78. The van der Waals surface area contributed by atoms with Gasteiger partial charge in [0.25, 0.3) is 0 Å². The first-order valence-electron chi connectivity index (χ1n) is 5.36. The highest BCUT2D eigenvalue weighted by molar-refractivity contribution is 8.00. The third kappa shape index (κ3) is 2.62. The molecule has 1 aliphatic heterocycles. The molecule has 2 rings (SSSR count). The molecule has 1 aromatic carbocycles. The van der Waals surface area contributed by atoms with Crippen LogP contribution in [0.2, 0.25) is 5.02 Å². The van der Waals surface area contributed by atoms with Crippen molar-refractivity contribution in [1.29, 1.82) is 0 Å². The van der Waals surface area contributed by atoms with E-state index in [1.54, 1.807) is 6.07 Å². The zero-order valence-corrected chi connectivity index (χ0v) is 11.3. The van der Waals surface area contributed by atoms with Crippen LogP contribution in [0.5, 0.6) is 0 Å². The van der Waals surface area contributed by atoms with Gasteiger partial charge in [-0.3, -0.25) is 9.59 Å². The minimum absolute atomic E-state index is 0.0434. The van der Waals surface area contributed by atoms with Crippen LogP contribution >= 0.6 is 23.4 Å². The number of amides is 1. The Labute approximate surface area is 114 Å². The summed E-state index contributed by atoms with van der Waals surface area (Å²) in [4.78, 5) is 24.6. The van der Waals surface area contributed by atoms with Gasteiger partial charge in [0, 0.05) is 10.6 Å². The molecule has 0 saturated carbocycles. The molecule has 96 valence electrons. The van der Waals surface area contributed by atoms with Gasteiger partial charge in [-0.2, -0.15) is 0 Å². The Bertz CT molecular complexity index is 480. The molecule has 1 aromatic rings. The van der Waals surface area contributed by atoms with Crippen LogP contribution in [0.1, 0.15) is 10.9 Å². The lowest BCUT2D eigenvalue weighted by atomic mass is 10.2. The highest BCUT2D eigenvalue weighted by Gasteiger charge is 2.35. The second-order valence-electron chi connectivity index (χ2n) is 3.78. The quantitative estimate of drug-likeness (QED) is 0.798. The Morgan fingerprint density at radius 1 is 1.56 bits per heavy atom. The normalized spacial score (nSPS) is 19.1. The van der Waals surface area contributed by atoms with Gasteiger partial charge < -0.3 is 9.64 Å². The first-order chi connectivity index (χ1) is 8.63. The maximum absolute atomic E-state index is 11.8. The molecule has 0 radical (unpaired) electrons. The number of hydrogen-bond acceptors (Lipinski definition) is 4. The van der Waals surface area contributed by atoms with Crippen molar-refractivity contribution in [1.82, 2.24) is 4.90 Å². The van der Waals surface area contributed by atoms with Crippen LogP contribution in [0.3, 0.4) is 0 Å². The van der Waals surface area contributed by atoms with E-state index >= 15 is 0 Å². The van der Waals surface area contributed by atoms with Crippen LogP contribution in [0.15, 0.2) is 24.3 Å².